The van der Waals surface area contributed by atoms with Crippen molar-refractivity contribution in [2.75, 3.05) is 13.4 Å². The first-order valence-electron chi connectivity index (χ1n) is 10.9. The number of halogens is 1. The molecule has 1 aromatic heterocycles. The van der Waals surface area contributed by atoms with Crippen LogP contribution < -0.4 is 19.6 Å². The summed E-state index contributed by atoms with van der Waals surface area (Å²) in [5, 5.41) is 0. The van der Waals surface area contributed by atoms with Crippen molar-refractivity contribution < 1.29 is 14.3 Å². The van der Waals surface area contributed by atoms with Crippen LogP contribution in [0.4, 0.5) is 0 Å². The molecule has 1 atom stereocenters. The van der Waals surface area contributed by atoms with Crippen molar-refractivity contribution >= 4 is 51.1 Å². The zero-order valence-electron chi connectivity index (χ0n) is 20.0. The molecule has 0 spiro atoms. The second-order valence-electron chi connectivity index (χ2n) is 8.20. The average Bonchev–Trinajstić information content (AvgIpc) is 3.12. The van der Waals surface area contributed by atoms with Crippen LogP contribution in [-0.4, -0.2) is 30.0 Å². The van der Waals surface area contributed by atoms with Gasteiger partial charge in [0.1, 0.15) is 11.8 Å². The van der Waals surface area contributed by atoms with E-state index in [-0.39, 0.29) is 11.7 Å². The van der Waals surface area contributed by atoms with E-state index in [0.717, 1.165) is 14.9 Å². The van der Waals surface area contributed by atoms with E-state index in [1.54, 1.807) is 44.2 Å². The minimum atomic E-state index is -0.744. The van der Waals surface area contributed by atoms with Crippen LogP contribution in [0.15, 0.2) is 72.9 Å². The fourth-order valence-corrected chi connectivity index (χ4v) is 5.76. The number of hydrogen-bond acceptors (Lipinski definition) is 7. The Morgan fingerprint density at radius 3 is 2.57 bits per heavy atom. The third-order valence-corrected chi connectivity index (χ3v) is 7.70. The molecule has 35 heavy (non-hydrogen) atoms. The third-order valence-electron chi connectivity index (χ3n) is 5.48. The monoisotopic (exact) mass is 572 g/mol. The van der Waals surface area contributed by atoms with Crippen LogP contribution in [0.1, 0.15) is 37.9 Å². The lowest BCUT2D eigenvalue weighted by Crippen LogP contribution is -2.40. The summed E-state index contributed by atoms with van der Waals surface area (Å²) in [6.45, 7) is 5.35. The van der Waals surface area contributed by atoms with Gasteiger partial charge in [-0.2, -0.15) is 0 Å². The number of rotatable bonds is 6. The third kappa shape index (κ3) is 5.17. The molecule has 3 aromatic rings. The molecule has 9 heteroatoms. The Morgan fingerprint density at radius 2 is 1.94 bits per heavy atom. The van der Waals surface area contributed by atoms with E-state index in [9.17, 15) is 9.59 Å². The Bertz CT molecular complexity index is 1490. The predicted molar refractivity (Wildman–Crippen MR) is 144 cm³/mol. The lowest BCUT2D eigenvalue weighted by Gasteiger charge is -2.26. The minimum absolute atomic E-state index is 0.225. The summed E-state index contributed by atoms with van der Waals surface area (Å²) in [6.07, 6.45) is 3.56. The fraction of sp³-hybridized carbons (Fsp3) is 0.269. The van der Waals surface area contributed by atoms with Crippen molar-refractivity contribution in [3.05, 3.63) is 89.0 Å². The molecule has 0 radical (unpaired) electrons. The summed E-state index contributed by atoms with van der Waals surface area (Å²) in [6, 6.07) is 12.8. The van der Waals surface area contributed by atoms with Gasteiger partial charge in [0.25, 0.3) is 5.56 Å². The number of hydrogen-bond donors (Lipinski definition) is 0. The van der Waals surface area contributed by atoms with Gasteiger partial charge in [0.2, 0.25) is 0 Å². The van der Waals surface area contributed by atoms with Gasteiger partial charge in [0, 0.05) is 14.9 Å². The zero-order valence-corrected chi connectivity index (χ0v) is 23.2. The highest BCUT2D eigenvalue weighted by Gasteiger charge is 2.35. The summed E-state index contributed by atoms with van der Waals surface area (Å²) in [5.74, 6) is 0.0557. The predicted octanol–water partition coefficient (Wildman–Crippen LogP) is 4.68. The molecule has 6 nitrogen and oxygen atoms in total. The van der Waals surface area contributed by atoms with Crippen molar-refractivity contribution in [1.82, 2.24) is 4.57 Å². The van der Waals surface area contributed by atoms with Gasteiger partial charge in [-0.3, -0.25) is 9.36 Å². The lowest BCUT2D eigenvalue weighted by molar-refractivity contribution is -0.143. The van der Waals surface area contributed by atoms with Gasteiger partial charge in [-0.15, -0.1) is 11.8 Å². The molecule has 0 saturated carbocycles. The topological polar surface area (TPSA) is 69.9 Å². The summed E-state index contributed by atoms with van der Waals surface area (Å²) in [5.41, 5.74) is 2.19. The van der Waals surface area contributed by atoms with Crippen molar-refractivity contribution in [1.29, 1.82) is 0 Å². The van der Waals surface area contributed by atoms with E-state index < -0.39 is 12.0 Å². The number of carbonyl (C=O) groups is 1. The largest absolute Gasteiger partial charge is 0.496 e. The van der Waals surface area contributed by atoms with E-state index in [4.69, 9.17) is 9.47 Å². The van der Waals surface area contributed by atoms with E-state index in [0.29, 0.717) is 31.9 Å². The fourth-order valence-electron chi connectivity index (χ4n) is 3.92. The molecule has 182 valence electrons. The highest BCUT2D eigenvalue weighted by Crippen LogP contribution is 2.37. The Balaban J connectivity index is 1.97. The quantitative estimate of drug-likeness (QED) is 0.317. The van der Waals surface area contributed by atoms with Gasteiger partial charge < -0.3 is 9.47 Å². The highest BCUT2D eigenvalue weighted by atomic mass is 79.9. The summed E-state index contributed by atoms with van der Waals surface area (Å²) >= 11 is 6.48. The molecule has 0 fully saturated rings. The van der Waals surface area contributed by atoms with Gasteiger partial charge in [0.15, 0.2) is 4.80 Å². The van der Waals surface area contributed by atoms with Gasteiger partial charge in [-0.1, -0.05) is 39.4 Å². The molecule has 2 heterocycles. The van der Waals surface area contributed by atoms with Gasteiger partial charge in [-0.05, 0) is 69.0 Å². The van der Waals surface area contributed by atoms with Crippen molar-refractivity contribution in [2.24, 2.45) is 4.99 Å². The average molecular weight is 574 g/mol. The maximum atomic E-state index is 13.8. The van der Waals surface area contributed by atoms with Crippen LogP contribution in [0.2, 0.25) is 0 Å². The Morgan fingerprint density at radius 1 is 1.23 bits per heavy atom. The number of benzene rings is 2. The number of carbonyl (C=O) groups excluding carboxylic acids is 1. The molecule has 0 amide bonds. The normalized spacial score (nSPS) is 15.7. The molecule has 0 unspecified atom stereocenters. The van der Waals surface area contributed by atoms with Crippen molar-refractivity contribution in [3.8, 4) is 5.75 Å². The molecule has 0 N–H and O–H groups in total. The maximum Gasteiger partial charge on any atom is 0.338 e. The van der Waals surface area contributed by atoms with Gasteiger partial charge >= 0.3 is 5.97 Å². The number of thioether (sulfide) groups is 1. The van der Waals surface area contributed by atoms with Crippen molar-refractivity contribution in [2.45, 2.75) is 37.8 Å². The molecule has 4 rings (SSSR count). The van der Waals surface area contributed by atoms with Crippen molar-refractivity contribution in [3.63, 3.8) is 0 Å². The standard InChI is InChI=1S/C26H25BrN2O4S2/c1-14(2)33-25(31)22-15(3)28-26-29(23(22)19-13-17(27)8-11-20(19)32-4)24(30)21(35-26)12-16-6-9-18(34-5)10-7-16/h6-14,23H,1-5H3/b21-12-/t23-/m1/s1. The molecule has 0 aliphatic carbocycles. The SMILES string of the molecule is COc1ccc(Br)cc1[C@@H]1C(C(=O)OC(C)C)=C(C)N=c2s/c(=C\c3ccc(SC)cc3)c(=O)n21. The zero-order chi connectivity index (χ0) is 25.3. The molecular weight excluding hydrogens is 548 g/mol. The number of fused-ring (bicyclic) bond motifs is 1. The first-order chi connectivity index (χ1) is 16.7. The van der Waals surface area contributed by atoms with E-state index in [1.165, 1.54) is 11.3 Å². The second kappa shape index (κ2) is 10.6. The molecule has 0 saturated heterocycles. The van der Waals surface area contributed by atoms with Crippen LogP contribution in [-0.2, 0) is 9.53 Å². The Labute approximate surface area is 220 Å². The molecule has 0 bridgehead atoms. The van der Waals surface area contributed by atoms with Crippen LogP contribution in [0.25, 0.3) is 6.08 Å². The first-order valence-corrected chi connectivity index (χ1v) is 13.8. The first kappa shape index (κ1) is 25.5. The highest BCUT2D eigenvalue weighted by molar-refractivity contribution is 9.10. The Hall–Kier alpha value is -2.62. The van der Waals surface area contributed by atoms with E-state index in [1.807, 2.05) is 54.8 Å². The smallest absolute Gasteiger partial charge is 0.338 e. The molecule has 1 aliphatic heterocycles. The Kier molecular flexibility index (Phi) is 7.68. The number of thiazole rings is 1. The molecule has 2 aromatic carbocycles. The maximum absolute atomic E-state index is 13.8. The van der Waals surface area contributed by atoms with E-state index >= 15 is 0 Å². The number of allylic oxidation sites excluding steroid dienone is 1. The van der Waals surface area contributed by atoms with Gasteiger partial charge in [-0.25, -0.2) is 9.79 Å². The number of aromatic nitrogens is 1. The summed E-state index contributed by atoms with van der Waals surface area (Å²) in [4.78, 5) is 33.3. The minimum Gasteiger partial charge on any atom is -0.496 e. The molecular formula is C26H25BrN2O4S2. The number of nitrogens with zero attached hydrogens (tertiary/aromatic N) is 2. The lowest BCUT2D eigenvalue weighted by atomic mass is 9.95. The van der Waals surface area contributed by atoms with Gasteiger partial charge in [0.05, 0.1) is 29.0 Å². The summed E-state index contributed by atoms with van der Waals surface area (Å²) < 4.78 is 14.1. The van der Waals surface area contributed by atoms with Crippen LogP contribution in [0.3, 0.4) is 0 Å². The van der Waals surface area contributed by atoms with Crippen LogP contribution in [0, 0.1) is 0 Å². The van der Waals surface area contributed by atoms with Crippen LogP contribution in [0.5, 0.6) is 5.75 Å². The number of esters is 1. The summed E-state index contributed by atoms with van der Waals surface area (Å²) in [7, 11) is 1.57. The van der Waals surface area contributed by atoms with E-state index in [2.05, 4.69) is 20.9 Å². The number of methoxy groups -OCH3 is 1. The number of ether oxygens (including phenoxy) is 2. The second-order valence-corrected chi connectivity index (χ2v) is 11.0. The molecule has 1 aliphatic rings. The van der Waals surface area contributed by atoms with Crippen LogP contribution >= 0.6 is 39.0 Å².